The molecule has 3 aromatic carbocycles. The summed E-state index contributed by atoms with van der Waals surface area (Å²) < 4.78 is 28.8. The lowest BCUT2D eigenvalue weighted by molar-refractivity contribution is -0.116. The van der Waals surface area contributed by atoms with Gasteiger partial charge in [-0.1, -0.05) is 42.1 Å². The van der Waals surface area contributed by atoms with Crippen LogP contribution in [0.25, 0.3) is 0 Å². The standard InChI is InChI=1S/C22H20N2O3S2/c1-16(25)24-14-13-17-15-19(11-12-21(17)24)29(26,27)23-20-9-5-6-10-22(20)28-18-7-3-2-4-8-18/h2-12,15,23H,13-14H2,1H3. The van der Waals surface area contributed by atoms with Crippen LogP contribution in [0.4, 0.5) is 11.4 Å². The summed E-state index contributed by atoms with van der Waals surface area (Å²) in [4.78, 5) is 15.4. The molecule has 0 fully saturated rings. The number of nitrogens with one attached hydrogen (secondary N) is 1. The van der Waals surface area contributed by atoms with Crippen molar-refractivity contribution in [2.24, 2.45) is 0 Å². The minimum Gasteiger partial charge on any atom is -0.312 e. The Labute approximate surface area is 174 Å². The van der Waals surface area contributed by atoms with Gasteiger partial charge in [0, 0.05) is 28.9 Å². The van der Waals surface area contributed by atoms with Crippen molar-refractivity contribution >= 4 is 39.1 Å². The van der Waals surface area contributed by atoms with Crippen LogP contribution in [0.5, 0.6) is 0 Å². The first-order chi connectivity index (χ1) is 13.9. The number of carbonyl (C=O) groups is 1. The van der Waals surface area contributed by atoms with Gasteiger partial charge in [-0.25, -0.2) is 8.42 Å². The Morgan fingerprint density at radius 2 is 1.72 bits per heavy atom. The zero-order valence-corrected chi connectivity index (χ0v) is 17.5. The highest BCUT2D eigenvalue weighted by Crippen LogP contribution is 2.35. The lowest BCUT2D eigenvalue weighted by atomic mass is 10.2. The number of benzene rings is 3. The second-order valence-corrected chi connectivity index (χ2v) is 9.53. The molecule has 3 aromatic rings. The predicted octanol–water partition coefficient (Wildman–Crippen LogP) is 4.55. The predicted molar refractivity (Wildman–Crippen MR) is 116 cm³/mol. The van der Waals surface area contributed by atoms with Gasteiger partial charge in [0.25, 0.3) is 10.0 Å². The molecule has 148 valence electrons. The Kier molecular flexibility index (Phi) is 5.34. The number of hydrogen-bond donors (Lipinski definition) is 1. The van der Waals surface area contributed by atoms with Crippen LogP contribution in [-0.4, -0.2) is 20.9 Å². The molecule has 1 aliphatic rings. The number of hydrogen-bond acceptors (Lipinski definition) is 4. The van der Waals surface area contributed by atoms with E-state index in [4.69, 9.17) is 0 Å². The first-order valence-electron chi connectivity index (χ1n) is 9.20. The molecule has 0 unspecified atom stereocenters. The summed E-state index contributed by atoms with van der Waals surface area (Å²) >= 11 is 1.50. The molecule has 0 aliphatic carbocycles. The maximum Gasteiger partial charge on any atom is 0.261 e. The van der Waals surface area contributed by atoms with Crippen LogP contribution in [0.1, 0.15) is 12.5 Å². The van der Waals surface area contributed by atoms with Gasteiger partial charge in [-0.2, -0.15) is 0 Å². The zero-order chi connectivity index (χ0) is 20.4. The molecule has 1 N–H and O–H groups in total. The first kappa shape index (κ1) is 19.5. The third-order valence-electron chi connectivity index (χ3n) is 4.74. The lowest BCUT2D eigenvalue weighted by Gasteiger charge is -2.16. The van der Waals surface area contributed by atoms with Crippen LogP contribution in [0.2, 0.25) is 0 Å². The Hall–Kier alpha value is -2.77. The summed E-state index contributed by atoms with van der Waals surface area (Å²) in [7, 11) is -3.75. The molecule has 0 bridgehead atoms. The molecule has 0 saturated heterocycles. The van der Waals surface area contributed by atoms with Gasteiger partial charge in [-0.15, -0.1) is 0 Å². The Bertz CT molecular complexity index is 1160. The molecule has 0 radical (unpaired) electrons. The summed E-state index contributed by atoms with van der Waals surface area (Å²) in [6.07, 6.45) is 0.652. The summed E-state index contributed by atoms with van der Waals surface area (Å²) in [6, 6.07) is 22.1. The summed E-state index contributed by atoms with van der Waals surface area (Å²) in [5.74, 6) is -0.0376. The minimum atomic E-state index is -3.75. The molecule has 0 spiro atoms. The summed E-state index contributed by atoms with van der Waals surface area (Å²) in [6.45, 7) is 2.10. The maximum absolute atomic E-state index is 13.0. The fourth-order valence-corrected chi connectivity index (χ4v) is 5.45. The molecule has 29 heavy (non-hydrogen) atoms. The van der Waals surface area contributed by atoms with Crippen LogP contribution in [0.15, 0.2) is 87.5 Å². The fourth-order valence-electron chi connectivity index (χ4n) is 3.33. The van der Waals surface area contributed by atoms with E-state index in [9.17, 15) is 13.2 Å². The van der Waals surface area contributed by atoms with Crippen LogP contribution in [-0.2, 0) is 21.2 Å². The number of sulfonamides is 1. The largest absolute Gasteiger partial charge is 0.312 e. The monoisotopic (exact) mass is 424 g/mol. The molecule has 5 nitrogen and oxygen atoms in total. The molecule has 1 aliphatic heterocycles. The third-order valence-corrected chi connectivity index (χ3v) is 7.19. The van der Waals surface area contributed by atoms with Crippen LogP contribution >= 0.6 is 11.8 Å². The molecule has 4 rings (SSSR count). The SMILES string of the molecule is CC(=O)N1CCc2cc(S(=O)(=O)Nc3ccccc3Sc3ccccc3)ccc21. The van der Waals surface area contributed by atoms with Gasteiger partial charge in [0.2, 0.25) is 5.91 Å². The molecular weight excluding hydrogens is 404 g/mol. The highest BCUT2D eigenvalue weighted by molar-refractivity contribution is 7.99. The smallest absolute Gasteiger partial charge is 0.261 e. The molecule has 1 heterocycles. The van der Waals surface area contributed by atoms with Crippen molar-refractivity contribution in [3.63, 3.8) is 0 Å². The maximum atomic E-state index is 13.0. The van der Waals surface area contributed by atoms with E-state index in [0.29, 0.717) is 18.7 Å². The lowest BCUT2D eigenvalue weighted by Crippen LogP contribution is -2.25. The quantitative estimate of drug-likeness (QED) is 0.653. The van der Waals surface area contributed by atoms with E-state index < -0.39 is 10.0 Å². The Morgan fingerprint density at radius 1 is 1.00 bits per heavy atom. The van der Waals surface area contributed by atoms with Gasteiger partial charge in [0.15, 0.2) is 0 Å². The highest BCUT2D eigenvalue weighted by Gasteiger charge is 2.25. The van der Waals surface area contributed by atoms with E-state index in [1.807, 2.05) is 42.5 Å². The van der Waals surface area contributed by atoms with Gasteiger partial charge in [-0.05, 0) is 54.4 Å². The molecule has 0 saturated carbocycles. The summed E-state index contributed by atoms with van der Waals surface area (Å²) in [5.41, 5.74) is 2.19. The molecule has 0 atom stereocenters. The Balaban J connectivity index is 1.61. The van der Waals surface area contributed by atoms with Crippen LogP contribution in [0, 0.1) is 0 Å². The molecule has 0 aromatic heterocycles. The van der Waals surface area contributed by atoms with E-state index in [1.54, 1.807) is 35.2 Å². The van der Waals surface area contributed by atoms with Crippen LogP contribution in [0.3, 0.4) is 0 Å². The first-order valence-corrected chi connectivity index (χ1v) is 11.5. The van der Waals surface area contributed by atoms with E-state index in [0.717, 1.165) is 21.0 Å². The van der Waals surface area contributed by atoms with Crippen LogP contribution < -0.4 is 9.62 Å². The van der Waals surface area contributed by atoms with Gasteiger partial charge < -0.3 is 4.90 Å². The van der Waals surface area contributed by atoms with Crippen molar-refractivity contribution in [2.75, 3.05) is 16.2 Å². The average molecular weight is 425 g/mol. The second kappa shape index (κ2) is 7.93. The normalized spacial score (nSPS) is 13.2. The number of para-hydroxylation sites is 1. The molecular formula is C22H20N2O3S2. The number of rotatable bonds is 5. The third kappa shape index (κ3) is 4.16. The van der Waals surface area contributed by atoms with E-state index in [-0.39, 0.29) is 10.8 Å². The number of fused-ring (bicyclic) bond motifs is 1. The highest BCUT2D eigenvalue weighted by atomic mass is 32.2. The van der Waals surface area contributed by atoms with Crippen molar-refractivity contribution in [3.8, 4) is 0 Å². The topological polar surface area (TPSA) is 66.5 Å². The molecule has 1 amide bonds. The van der Waals surface area contributed by atoms with Gasteiger partial charge in [0.05, 0.1) is 10.6 Å². The Morgan fingerprint density at radius 3 is 2.48 bits per heavy atom. The van der Waals surface area contributed by atoms with Crippen molar-refractivity contribution in [2.45, 2.75) is 28.0 Å². The van der Waals surface area contributed by atoms with Gasteiger partial charge in [-0.3, -0.25) is 9.52 Å². The summed E-state index contributed by atoms with van der Waals surface area (Å²) in [5, 5.41) is 0. The van der Waals surface area contributed by atoms with Gasteiger partial charge >= 0.3 is 0 Å². The number of amides is 1. The number of anilines is 2. The van der Waals surface area contributed by atoms with Gasteiger partial charge in [0.1, 0.15) is 0 Å². The number of nitrogens with zero attached hydrogens (tertiary/aromatic N) is 1. The molecule has 7 heteroatoms. The second-order valence-electron chi connectivity index (χ2n) is 6.73. The fraction of sp³-hybridized carbons (Fsp3) is 0.136. The van der Waals surface area contributed by atoms with Crippen molar-refractivity contribution in [1.82, 2.24) is 0 Å². The average Bonchev–Trinajstić information content (AvgIpc) is 3.14. The van der Waals surface area contributed by atoms with Crippen molar-refractivity contribution in [3.05, 3.63) is 78.4 Å². The number of carbonyl (C=O) groups excluding carboxylic acids is 1. The van der Waals surface area contributed by atoms with Crippen molar-refractivity contribution < 1.29 is 13.2 Å². The van der Waals surface area contributed by atoms with E-state index in [2.05, 4.69) is 4.72 Å². The van der Waals surface area contributed by atoms with E-state index >= 15 is 0 Å². The van der Waals surface area contributed by atoms with Crippen molar-refractivity contribution in [1.29, 1.82) is 0 Å². The zero-order valence-electron chi connectivity index (χ0n) is 15.8. The van der Waals surface area contributed by atoms with E-state index in [1.165, 1.54) is 18.7 Å². The minimum absolute atomic E-state index is 0.0376.